The topological polar surface area (TPSA) is 101 Å². The van der Waals surface area contributed by atoms with Gasteiger partial charge in [-0.25, -0.2) is 0 Å². The van der Waals surface area contributed by atoms with Gasteiger partial charge in [0, 0.05) is 24.2 Å². The monoisotopic (exact) mass is 365 g/mol. The van der Waals surface area contributed by atoms with Crippen molar-refractivity contribution >= 4 is 23.6 Å². The minimum Gasteiger partial charge on any atom is -0.347 e. The van der Waals surface area contributed by atoms with Crippen LogP contribution in [0.15, 0.2) is 66.9 Å². The summed E-state index contributed by atoms with van der Waals surface area (Å²) in [5.74, 6) is -0.925. The van der Waals surface area contributed by atoms with Crippen molar-refractivity contribution in [3.8, 4) is 0 Å². The molecule has 0 aromatic heterocycles. The number of carbonyl (C=O) groups excluding carboxylic acids is 2. The number of rotatable bonds is 7. The maximum absolute atomic E-state index is 12.4. The van der Waals surface area contributed by atoms with Crippen LogP contribution in [0.5, 0.6) is 0 Å². The molecule has 0 aliphatic heterocycles. The Morgan fingerprint density at radius 2 is 1.74 bits per heavy atom. The average Bonchev–Trinajstić information content (AvgIpc) is 2.66. The Kier molecular flexibility index (Phi) is 6.60. The molecule has 0 saturated carbocycles. The number of hydrogen-bond acceptors (Lipinski definition) is 4. The van der Waals surface area contributed by atoms with Crippen LogP contribution in [0, 0.1) is 17.0 Å². The van der Waals surface area contributed by atoms with E-state index in [1.807, 2.05) is 6.92 Å². The molecule has 0 fully saturated rings. The molecule has 2 aromatic carbocycles. The molecule has 0 heterocycles. The second kappa shape index (κ2) is 9.10. The van der Waals surface area contributed by atoms with Gasteiger partial charge in [-0.1, -0.05) is 23.8 Å². The van der Waals surface area contributed by atoms with E-state index in [-0.39, 0.29) is 17.9 Å². The van der Waals surface area contributed by atoms with Crippen LogP contribution in [0.3, 0.4) is 0 Å². The minimum atomic E-state index is -0.510. The number of amides is 2. The lowest BCUT2D eigenvalue weighted by molar-refractivity contribution is -0.384. The molecule has 2 aromatic rings. The zero-order valence-electron chi connectivity index (χ0n) is 14.8. The van der Waals surface area contributed by atoms with Crippen molar-refractivity contribution in [3.05, 3.63) is 93.7 Å². The van der Waals surface area contributed by atoms with Gasteiger partial charge in [-0.3, -0.25) is 19.7 Å². The first-order chi connectivity index (χ1) is 12.9. The van der Waals surface area contributed by atoms with E-state index in [1.165, 1.54) is 36.4 Å². The van der Waals surface area contributed by atoms with Crippen LogP contribution < -0.4 is 10.6 Å². The second-order valence-electron chi connectivity index (χ2n) is 5.73. The van der Waals surface area contributed by atoms with Gasteiger partial charge in [-0.2, -0.15) is 0 Å². The van der Waals surface area contributed by atoms with Crippen LogP contribution in [0.2, 0.25) is 0 Å². The van der Waals surface area contributed by atoms with Gasteiger partial charge in [0.05, 0.1) is 4.92 Å². The van der Waals surface area contributed by atoms with Crippen LogP contribution in [-0.2, 0) is 4.79 Å². The van der Waals surface area contributed by atoms with Gasteiger partial charge in [-0.05, 0) is 42.8 Å². The first-order valence-corrected chi connectivity index (χ1v) is 8.14. The van der Waals surface area contributed by atoms with Gasteiger partial charge in [0.15, 0.2) is 0 Å². The highest BCUT2D eigenvalue weighted by Gasteiger charge is 2.14. The molecule has 7 nitrogen and oxygen atoms in total. The van der Waals surface area contributed by atoms with Crippen molar-refractivity contribution in [1.82, 2.24) is 10.6 Å². The average molecular weight is 365 g/mol. The molecule has 0 bridgehead atoms. The largest absolute Gasteiger partial charge is 0.347 e. The maximum Gasteiger partial charge on any atom is 0.269 e. The number of nitrogens with one attached hydrogen (secondary N) is 2. The molecule has 7 heteroatoms. The number of carbonyl (C=O) groups is 2. The van der Waals surface area contributed by atoms with Crippen molar-refractivity contribution in [3.63, 3.8) is 0 Å². The van der Waals surface area contributed by atoms with Crippen LogP contribution in [0.25, 0.3) is 6.08 Å². The third-order valence-electron chi connectivity index (χ3n) is 3.63. The summed E-state index contributed by atoms with van der Waals surface area (Å²) in [6, 6.07) is 12.6. The lowest BCUT2D eigenvalue weighted by Gasteiger charge is -2.10. The molecule has 2 N–H and O–H groups in total. The Labute approximate surface area is 156 Å². The number of non-ortho nitro benzene ring substituents is 1. The highest BCUT2D eigenvalue weighted by molar-refractivity contribution is 6.05. The van der Waals surface area contributed by atoms with Crippen LogP contribution in [0.4, 0.5) is 5.69 Å². The van der Waals surface area contributed by atoms with Crippen LogP contribution in [-0.4, -0.2) is 23.3 Å². The standard InChI is InChI=1S/C20H19N3O4/c1-3-12-21-20(25)18(13-15-6-10-17(11-7-15)23(26)27)22-19(24)16-8-4-14(2)5-9-16/h3-11,13H,1,12H2,2H3,(H,21,25)(H,22,24). The third kappa shape index (κ3) is 5.64. The zero-order chi connectivity index (χ0) is 19.8. The van der Waals surface area contributed by atoms with E-state index in [1.54, 1.807) is 24.3 Å². The van der Waals surface area contributed by atoms with Crippen molar-refractivity contribution in [1.29, 1.82) is 0 Å². The van der Waals surface area contributed by atoms with E-state index >= 15 is 0 Å². The first kappa shape index (κ1) is 19.6. The molecule has 0 saturated heterocycles. The molecule has 0 aliphatic rings. The number of aryl methyl sites for hydroxylation is 1. The molecule has 2 amide bonds. The Balaban J connectivity index is 2.28. The Morgan fingerprint density at radius 3 is 2.30 bits per heavy atom. The molecule has 2 rings (SSSR count). The molecule has 27 heavy (non-hydrogen) atoms. The zero-order valence-corrected chi connectivity index (χ0v) is 14.8. The molecule has 0 aliphatic carbocycles. The molecular formula is C20H19N3O4. The van der Waals surface area contributed by atoms with Crippen LogP contribution in [0.1, 0.15) is 21.5 Å². The predicted molar refractivity (Wildman–Crippen MR) is 103 cm³/mol. The Morgan fingerprint density at radius 1 is 1.11 bits per heavy atom. The predicted octanol–water partition coefficient (Wildman–Crippen LogP) is 2.98. The van der Waals surface area contributed by atoms with E-state index < -0.39 is 16.7 Å². The van der Waals surface area contributed by atoms with Crippen LogP contribution >= 0.6 is 0 Å². The number of nitro groups is 1. The van der Waals surface area contributed by atoms with E-state index in [0.717, 1.165) is 5.56 Å². The lowest BCUT2D eigenvalue weighted by atomic mass is 10.1. The van der Waals surface area contributed by atoms with Gasteiger partial charge < -0.3 is 10.6 Å². The molecule has 0 radical (unpaired) electrons. The fraction of sp³-hybridized carbons (Fsp3) is 0.100. The smallest absolute Gasteiger partial charge is 0.269 e. The molecule has 138 valence electrons. The molecule has 0 unspecified atom stereocenters. The van der Waals surface area contributed by atoms with E-state index in [0.29, 0.717) is 11.1 Å². The van der Waals surface area contributed by atoms with Crippen molar-refractivity contribution < 1.29 is 14.5 Å². The van der Waals surface area contributed by atoms with Crippen molar-refractivity contribution in [2.75, 3.05) is 6.54 Å². The summed E-state index contributed by atoms with van der Waals surface area (Å²) >= 11 is 0. The summed E-state index contributed by atoms with van der Waals surface area (Å²) in [5, 5.41) is 15.9. The molecule has 0 atom stereocenters. The molecular weight excluding hydrogens is 346 g/mol. The quantitative estimate of drug-likeness (QED) is 0.341. The summed E-state index contributed by atoms with van der Waals surface area (Å²) in [6.07, 6.45) is 2.97. The summed E-state index contributed by atoms with van der Waals surface area (Å²) in [7, 11) is 0. The van der Waals surface area contributed by atoms with Gasteiger partial charge in [-0.15, -0.1) is 6.58 Å². The normalized spacial score (nSPS) is 10.8. The highest BCUT2D eigenvalue weighted by atomic mass is 16.6. The Hall–Kier alpha value is -3.74. The number of nitro benzene ring substituents is 1. The second-order valence-corrected chi connectivity index (χ2v) is 5.73. The van der Waals surface area contributed by atoms with Gasteiger partial charge >= 0.3 is 0 Å². The van der Waals surface area contributed by atoms with E-state index in [9.17, 15) is 19.7 Å². The van der Waals surface area contributed by atoms with Gasteiger partial charge in [0.2, 0.25) is 0 Å². The van der Waals surface area contributed by atoms with Gasteiger partial charge in [0.25, 0.3) is 17.5 Å². The molecule has 0 spiro atoms. The maximum atomic E-state index is 12.4. The lowest BCUT2D eigenvalue weighted by Crippen LogP contribution is -2.34. The Bertz CT molecular complexity index is 884. The summed E-state index contributed by atoms with van der Waals surface area (Å²) in [5.41, 5.74) is 1.92. The SMILES string of the molecule is C=CCNC(=O)C(=Cc1ccc([N+](=O)[O-])cc1)NC(=O)c1ccc(C)cc1. The van der Waals surface area contributed by atoms with Gasteiger partial charge in [0.1, 0.15) is 5.70 Å². The third-order valence-corrected chi connectivity index (χ3v) is 3.63. The number of benzene rings is 2. The summed E-state index contributed by atoms with van der Waals surface area (Å²) in [4.78, 5) is 35.0. The highest BCUT2D eigenvalue weighted by Crippen LogP contribution is 2.14. The van der Waals surface area contributed by atoms with Crippen molar-refractivity contribution in [2.24, 2.45) is 0 Å². The summed E-state index contributed by atoms with van der Waals surface area (Å²) in [6.45, 7) is 5.67. The summed E-state index contributed by atoms with van der Waals surface area (Å²) < 4.78 is 0. The first-order valence-electron chi connectivity index (χ1n) is 8.14. The minimum absolute atomic E-state index is 0.0243. The number of hydrogen-bond donors (Lipinski definition) is 2. The fourth-order valence-electron chi connectivity index (χ4n) is 2.18. The van der Waals surface area contributed by atoms with E-state index in [2.05, 4.69) is 17.2 Å². The van der Waals surface area contributed by atoms with E-state index in [4.69, 9.17) is 0 Å². The van der Waals surface area contributed by atoms with Crippen molar-refractivity contribution in [2.45, 2.75) is 6.92 Å². The number of nitrogens with zero attached hydrogens (tertiary/aromatic N) is 1. The fourth-order valence-corrected chi connectivity index (χ4v) is 2.18.